The number of hydrogen-bond acceptors (Lipinski definition) is 7. The van der Waals surface area contributed by atoms with Gasteiger partial charge in [0.15, 0.2) is 0 Å². The highest BCUT2D eigenvalue weighted by molar-refractivity contribution is 7.89. The number of nitro benzene ring substituents is 1. The molecule has 27 heavy (non-hydrogen) atoms. The van der Waals surface area contributed by atoms with Gasteiger partial charge >= 0.3 is 10.1 Å². The fraction of sp³-hybridized carbons (Fsp3) is 0.250. The Morgan fingerprint density at radius 2 is 1.52 bits per heavy atom. The van der Waals surface area contributed by atoms with E-state index in [4.69, 9.17) is 4.18 Å². The SMILES string of the molecule is CCN(CC)S(=O)(=O)c1ccc(S(=O)(=O)Oc2cccc([N+](=O)[O-])c2)cc1. The molecule has 0 aromatic heterocycles. The van der Waals surface area contributed by atoms with E-state index in [2.05, 4.69) is 0 Å². The number of benzene rings is 2. The molecule has 2 aromatic rings. The van der Waals surface area contributed by atoms with E-state index < -0.39 is 25.1 Å². The first kappa shape index (κ1) is 20.8. The Hall–Kier alpha value is -2.50. The lowest BCUT2D eigenvalue weighted by atomic mass is 10.3. The van der Waals surface area contributed by atoms with Crippen LogP contribution in [0.5, 0.6) is 5.75 Å². The highest BCUT2D eigenvalue weighted by Crippen LogP contribution is 2.24. The average Bonchev–Trinajstić information content (AvgIpc) is 2.62. The molecular formula is C16H18N2O7S2. The standard InChI is InChI=1S/C16H18N2O7S2/c1-3-17(4-2)26(21,22)15-8-10-16(11-9-15)27(23,24)25-14-7-5-6-13(12-14)18(19)20/h5-12H,3-4H2,1-2H3. The van der Waals surface area contributed by atoms with Crippen LogP contribution in [0.4, 0.5) is 5.69 Å². The van der Waals surface area contributed by atoms with Crippen molar-refractivity contribution in [1.82, 2.24) is 4.31 Å². The van der Waals surface area contributed by atoms with E-state index in [0.717, 1.165) is 18.2 Å². The first-order valence-corrected chi connectivity index (χ1v) is 10.8. The zero-order valence-corrected chi connectivity index (χ0v) is 16.2. The van der Waals surface area contributed by atoms with Gasteiger partial charge in [-0.1, -0.05) is 19.9 Å². The molecule has 0 aliphatic heterocycles. The lowest BCUT2D eigenvalue weighted by Crippen LogP contribution is -2.30. The monoisotopic (exact) mass is 414 g/mol. The maximum absolute atomic E-state index is 12.4. The largest absolute Gasteiger partial charge is 0.379 e. The molecule has 0 aliphatic rings. The molecule has 0 spiro atoms. The van der Waals surface area contributed by atoms with Gasteiger partial charge in [0, 0.05) is 19.2 Å². The van der Waals surface area contributed by atoms with E-state index in [1.54, 1.807) is 13.8 Å². The number of hydrogen-bond donors (Lipinski definition) is 0. The van der Waals surface area contributed by atoms with Crippen LogP contribution in [0.15, 0.2) is 58.3 Å². The van der Waals surface area contributed by atoms with Gasteiger partial charge in [0.2, 0.25) is 10.0 Å². The van der Waals surface area contributed by atoms with Crippen LogP contribution in [0.3, 0.4) is 0 Å². The molecule has 9 nitrogen and oxygen atoms in total. The third-order valence-corrected chi connectivity index (χ3v) is 7.02. The van der Waals surface area contributed by atoms with Crippen LogP contribution >= 0.6 is 0 Å². The topological polar surface area (TPSA) is 124 Å². The summed E-state index contributed by atoms with van der Waals surface area (Å²) in [6.45, 7) is 3.98. The van der Waals surface area contributed by atoms with E-state index in [0.29, 0.717) is 0 Å². The lowest BCUT2D eigenvalue weighted by molar-refractivity contribution is -0.384. The van der Waals surface area contributed by atoms with Crippen molar-refractivity contribution in [3.63, 3.8) is 0 Å². The molecule has 0 unspecified atom stereocenters. The van der Waals surface area contributed by atoms with Crippen molar-refractivity contribution in [2.75, 3.05) is 13.1 Å². The van der Waals surface area contributed by atoms with Crippen LogP contribution in [0.2, 0.25) is 0 Å². The number of nitrogens with zero attached hydrogens (tertiary/aromatic N) is 2. The van der Waals surface area contributed by atoms with Gasteiger partial charge in [-0.25, -0.2) is 8.42 Å². The number of non-ortho nitro benzene ring substituents is 1. The third-order valence-electron chi connectivity index (χ3n) is 3.69. The second-order valence-electron chi connectivity index (χ2n) is 5.35. The zero-order valence-electron chi connectivity index (χ0n) is 14.6. The predicted octanol–water partition coefficient (Wildman–Crippen LogP) is 2.39. The molecule has 0 N–H and O–H groups in total. The summed E-state index contributed by atoms with van der Waals surface area (Å²) in [6.07, 6.45) is 0. The first-order chi connectivity index (χ1) is 12.6. The van der Waals surface area contributed by atoms with Gasteiger partial charge in [-0.2, -0.15) is 12.7 Å². The molecule has 0 atom stereocenters. The van der Waals surface area contributed by atoms with E-state index in [-0.39, 0.29) is 34.3 Å². The minimum Gasteiger partial charge on any atom is -0.379 e. The van der Waals surface area contributed by atoms with E-state index in [1.165, 1.54) is 34.6 Å². The minimum atomic E-state index is -4.28. The van der Waals surface area contributed by atoms with E-state index in [1.807, 2.05) is 0 Å². The Kier molecular flexibility index (Phi) is 6.19. The van der Waals surface area contributed by atoms with Crippen LogP contribution in [0, 0.1) is 10.1 Å². The van der Waals surface area contributed by atoms with Crippen molar-refractivity contribution in [2.24, 2.45) is 0 Å². The molecule has 0 heterocycles. The molecule has 0 saturated heterocycles. The molecule has 0 saturated carbocycles. The Bertz CT molecular complexity index is 1030. The fourth-order valence-electron chi connectivity index (χ4n) is 2.31. The quantitative estimate of drug-likeness (QED) is 0.369. The van der Waals surface area contributed by atoms with Gasteiger partial charge in [0.25, 0.3) is 5.69 Å². The summed E-state index contributed by atoms with van der Waals surface area (Å²) in [7, 11) is -8.00. The normalized spacial score (nSPS) is 12.1. The Balaban J connectivity index is 2.30. The first-order valence-electron chi connectivity index (χ1n) is 7.91. The number of nitro groups is 1. The van der Waals surface area contributed by atoms with Crippen LogP contribution < -0.4 is 4.18 Å². The molecule has 146 valence electrons. The fourth-order valence-corrected chi connectivity index (χ4v) is 4.70. The van der Waals surface area contributed by atoms with Gasteiger partial charge in [0.05, 0.1) is 15.9 Å². The molecule has 0 bridgehead atoms. The maximum Gasteiger partial charge on any atom is 0.339 e. The summed E-state index contributed by atoms with van der Waals surface area (Å²) in [5, 5.41) is 10.8. The van der Waals surface area contributed by atoms with Crippen LogP contribution in [-0.2, 0) is 20.1 Å². The molecule has 0 fully saturated rings. The van der Waals surface area contributed by atoms with Crippen molar-refractivity contribution in [3.8, 4) is 5.75 Å². The Morgan fingerprint density at radius 3 is 2.04 bits per heavy atom. The summed E-state index contributed by atoms with van der Waals surface area (Å²) >= 11 is 0. The average molecular weight is 414 g/mol. The summed E-state index contributed by atoms with van der Waals surface area (Å²) in [6, 6.07) is 9.33. The second-order valence-corrected chi connectivity index (χ2v) is 8.84. The maximum atomic E-state index is 12.4. The number of sulfonamides is 1. The molecule has 2 aromatic carbocycles. The predicted molar refractivity (Wildman–Crippen MR) is 97.5 cm³/mol. The summed E-state index contributed by atoms with van der Waals surface area (Å²) < 4.78 is 55.7. The molecule has 0 aliphatic carbocycles. The molecular weight excluding hydrogens is 396 g/mol. The van der Waals surface area contributed by atoms with E-state index in [9.17, 15) is 26.9 Å². The molecule has 0 amide bonds. The minimum absolute atomic E-state index is 0.0412. The van der Waals surface area contributed by atoms with Gasteiger partial charge in [-0.3, -0.25) is 10.1 Å². The third kappa shape index (κ3) is 4.62. The van der Waals surface area contributed by atoms with Crippen LogP contribution in [0.25, 0.3) is 0 Å². The van der Waals surface area contributed by atoms with Crippen molar-refractivity contribution in [2.45, 2.75) is 23.6 Å². The smallest absolute Gasteiger partial charge is 0.339 e. The molecule has 11 heteroatoms. The van der Waals surface area contributed by atoms with Crippen LogP contribution in [0.1, 0.15) is 13.8 Å². The lowest BCUT2D eigenvalue weighted by Gasteiger charge is -2.18. The van der Waals surface area contributed by atoms with Crippen molar-refractivity contribution in [3.05, 3.63) is 58.6 Å². The Morgan fingerprint density at radius 1 is 0.963 bits per heavy atom. The summed E-state index contributed by atoms with van der Waals surface area (Å²) in [5.41, 5.74) is -0.316. The summed E-state index contributed by atoms with van der Waals surface area (Å²) in [5.74, 6) is -0.218. The van der Waals surface area contributed by atoms with Crippen molar-refractivity contribution in [1.29, 1.82) is 0 Å². The van der Waals surface area contributed by atoms with Crippen molar-refractivity contribution >= 4 is 25.8 Å². The van der Waals surface area contributed by atoms with E-state index >= 15 is 0 Å². The molecule has 2 rings (SSSR count). The van der Waals surface area contributed by atoms with Crippen LogP contribution in [-0.4, -0.2) is 39.2 Å². The Labute approximate surface area is 157 Å². The highest BCUT2D eigenvalue weighted by atomic mass is 32.2. The highest BCUT2D eigenvalue weighted by Gasteiger charge is 2.23. The van der Waals surface area contributed by atoms with Gasteiger partial charge in [-0.05, 0) is 30.3 Å². The second kappa shape index (κ2) is 8.03. The number of rotatable bonds is 8. The zero-order chi connectivity index (χ0) is 20.2. The molecule has 0 radical (unpaired) electrons. The van der Waals surface area contributed by atoms with Crippen molar-refractivity contribution < 1.29 is 25.9 Å². The van der Waals surface area contributed by atoms with Gasteiger partial charge in [0.1, 0.15) is 10.6 Å². The van der Waals surface area contributed by atoms with Gasteiger partial charge < -0.3 is 4.18 Å². The summed E-state index contributed by atoms with van der Waals surface area (Å²) in [4.78, 5) is 9.78. The van der Waals surface area contributed by atoms with Gasteiger partial charge in [-0.15, -0.1) is 0 Å².